The van der Waals surface area contributed by atoms with Gasteiger partial charge in [-0.15, -0.1) is 0 Å². The average molecular weight is 405 g/mol. The van der Waals surface area contributed by atoms with Crippen LogP contribution in [0.2, 0.25) is 0 Å². The van der Waals surface area contributed by atoms with Crippen molar-refractivity contribution in [3.8, 4) is 0 Å². The molecule has 4 aliphatic rings. The standard InChI is InChI=1S/C28H36O2/c1-27-16-14-21(29)18-20(27)9-10-22-23-11-12-25(28(23,2)17-15-24(22)27)26(30)13-8-19-6-4-3-5-7-19/h3-9,13,21-25,29H,10-12,14-18H2,1-2H3/b13-8+/t21-,22-,23-,24-,25?,27-,28-/m0/s1. The number of rotatable bonds is 3. The molecule has 1 aromatic carbocycles. The van der Waals surface area contributed by atoms with E-state index < -0.39 is 0 Å². The van der Waals surface area contributed by atoms with Gasteiger partial charge in [-0.25, -0.2) is 0 Å². The number of hydrogen-bond acceptors (Lipinski definition) is 2. The normalized spacial score (nSPS) is 42.9. The van der Waals surface area contributed by atoms with Gasteiger partial charge in [0.05, 0.1) is 6.10 Å². The number of hydrogen-bond donors (Lipinski definition) is 1. The molecule has 0 heterocycles. The summed E-state index contributed by atoms with van der Waals surface area (Å²) in [5.41, 5.74) is 3.06. The molecule has 1 N–H and O–H groups in total. The fraction of sp³-hybridized carbons (Fsp3) is 0.607. The second-order valence-electron chi connectivity index (χ2n) is 11.0. The van der Waals surface area contributed by atoms with Gasteiger partial charge in [0.25, 0.3) is 0 Å². The van der Waals surface area contributed by atoms with Crippen LogP contribution in [0, 0.1) is 34.5 Å². The summed E-state index contributed by atoms with van der Waals surface area (Å²) in [6, 6.07) is 10.2. The predicted molar refractivity (Wildman–Crippen MR) is 122 cm³/mol. The van der Waals surface area contributed by atoms with Gasteiger partial charge in [0.15, 0.2) is 5.78 Å². The van der Waals surface area contributed by atoms with Crippen LogP contribution in [-0.2, 0) is 4.79 Å². The fourth-order valence-corrected chi connectivity index (χ4v) is 7.97. The van der Waals surface area contributed by atoms with E-state index in [0.29, 0.717) is 17.6 Å². The molecule has 0 spiro atoms. The second kappa shape index (κ2) is 7.48. The minimum absolute atomic E-state index is 0.139. The Labute approximate surface area is 181 Å². The number of aliphatic hydroxyl groups excluding tert-OH is 1. The lowest BCUT2D eigenvalue weighted by Gasteiger charge is -2.57. The van der Waals surface area contributed by atoms with Crippen molar-refractivity contribution in [3.63, 3.8) is 0 Å². The maximum atomic E-state index is 13.2. The maximum absolute atomic E-state index is 13.2. The highest BCUT2D eigenvalue weighted by Crippen LogP contribution is 2.66. The first-order valence-electron chi connectivity index (χ1n) is 12.1. The molecule has 30 heavy (non-hydrogen) atoms. The molecule has 0 radical (unpaired) electrons. The van der Waals surface area contributed by atoms with Crippen LogP contribution in [0.3, 0.4) is 0 Å². The van der Waals surface area contributed by atoms with Crippen LogP contribution in [0.5, 0.6) is 0 Å². The summed E-state index contributed by atoms with van der Waals surface area (Å²) in [6.07, 6.45) is 15.0. The highest BCUT2D eigenvalue weighted by Gasteiger charge is 2.59. The smallest absolute Gasteiger partial charge is 0.159 e. The molecule has 2 nitrogen and oxygen atoms in total. The van der Waals surface area contributed by atoms with Crippen LogP contribution < -0.4 is 0 Å². The number of ketones is 1. The van der Waals surface area contributed by atoms with Crippen molar-refractivity contribution in [2.24, 2.45) is 34.5 Å². The maximum Gasteiger partial charge on any atom is 0.159 e. The first-order chi connectivity index (χ1) is 14.4. The van der Waals surface area contributed by atoms with Crippen molar-refractivity contribution in [1.82, 2.24) is 0 Å². The molecule has 5 rings (SSSR count). The van der Waals surface area contributed by atoms with Gasteiger partial charge in [-0.05, 0) is 91.6 Å². The molecule has 3 saturated carbocycles. The van der Waals surface area contributed by atoms with Crippen molar-refractivity contribution in [2.45, 2.75) is 71.3 Å². The van der Waals surface area contributed by atoms with Crippen LogP contribution >= 0.6 is 0 Å². The van der Waals surface area contributed by atoms with Crippen LogP contribution in [-0.4, -0.2) is 17.0 Å². The zero-order valence-corrected chi connectivity index (χ0v) is 18.5. The summed E-state index contributed by atoms with van der Waals surface area (Å²) < 4.78 is 0. The van der Waals surface area contributed by atoms with E-state index in [1.807, 2.05) is 30.4 Å². The van der Waals surface area contributed by atoms with Gasteiger partial charge in [-0.3, -0.25) is 4.79 Å². The van der Waals surface area contributed by atoms with Gasteiger partial charge in [0.1, 0.15) is 0 Å². The monoisotopic (exact) mass is 404 g/mol. The minimum Gasteiger partial charge on any atom is -0.393 e. The Hall–Kier alpha value is -1.67. The van der Waals surface area contributed by atoms with E-state index in [9.17, 15) is 9.90 Å². The summed E-state index contributed by atoms with van der Waals surface area (Å²) in [4.78, 5) is 13.2. The van der Waals surface area contributed by atoms with Crippen molar-refractivity contribution in [3.05, 3.63) is 53.6 Å². The van der Waals surface area contributed by atoms with Gasteiger partial charge in [-0.1, -0.05) is 61.9 Å². The highest BCUT2D eigenvalue weighted by atomic mass is 16.3. The summed E-state index contributed by atoms with van der Waals surface area (Å²) in [6.45, 7) is 4.90. The topological polar surface area (TPSA) is 37.3 Å². The molecular weight excluding hydrogens is 368 g/mol. The highest BCUT2D eigenvalue weighted by molar-refractivity contribution is 5.96. The molecule has 7 atom stereocenters. The van der Waals surface area contributed by atoms with Gasteiger partial charge < -0.3 is 5.11 Å². The van der Waals surface area contributed by atoms with E-state index >= 15 is 0 Å². The molecule has 3 fully saturated rings. The second-order valence-corrected chi connectivity index (χ2v) is 11.0. The third kappa shape index (κ3) is 3.14. The summed E-state index contributed by atoms with van der Waals surface area (Å²) >= 11 is 0. The molecule has 0 saturated heterocycles. The van der Waals surface area contributed by atoms with E-state index in [1.54, 1.807) is 0 Å². The molecule has 160 valence electrons. The van der Waals surface area contributed by atoms with E-state index in [-0.39, 0.29) is 22.9 Å². The van der Waals surface area contributed by atoms with Crippen LogP contribution in [0.1, 0.15) is 70.8 Å². The van der Waals surface area contributed by atoms with Crippen molar-refractivity contribution in [2.75, 3.05) is 0 Å². The SMILES string of the molecule is C[C@]12CC[C@H](O)CC1=CC[C@@H]1[C@@H]2CC[C@]2(C)C(C(=O)/C=C/c3ccccc3)CC[C@@H]12. The third-order valence-corrected chi connectivity index (χ3v) is 9.66. The predicted octanol–water partition coefficient (Wildman–Crippen LogP) is 6.21. The largest absolute Gasteiger partial charge is 0.393 e. The third-order valence-electron chi connectivity index (χ3n) is 9.66. The molecule has 0 amide bonds. The van der Waals surface area contributed by atoms with E-state index in [2.05, 4.69) is 32.1 Å². The van der Waals surface area contributed by atoms with E-state index in [0.717, 1.165) is 43.6 Å². The number of fused-ring (bicyclic) bond motifs is 5. The average Bonchev–Trinajstić information content (AvgIpc) is 3.10. The lowest BCUT2D eigenvalue weighted by atomic mass is 9.47. The Balaban J connectivity index is 1.36. The molecule has 0 aromatic heterocycles. The van der Waals surface area contributed by atoms with Crippen molar-refractivity contribution >= 4 is 11.9 Å². The number of allylic oxidation sites excluding steroid dienone is 2. The molecule has 2 heteroatoms. The number of carbonyl (C=O) groups excluding carboxylic acids is 1. The number of carbonyl (C=O) groups is 1. The lowest BCUT2D eigenvalue weighted by Crippen LogP contribution is -2.50. The Morgan fingerprint density at radius 2 is 1.83 bits per heavy atom. The van der Waals surface area contributed by atoms with Crippen LogP contribution in [0.4, 0.5) is 0 Å². The molecule has 0 bridgehead atoms. The Bertz CT molecular complexity index is 868. The number of aliphatic hydroxyl groups is 1. The zero-order chi connectivity index (χ0) is 20.9. The summed E-state index contributed by atoms with van der Waals surface area (Å²) in [5.74, 6) is 2.62. The Kier molecular flexibility index (Phi) is 5.05. The van der Waals surface area contributed by atoms with E-state index in [1.165, 1.54) is 24.8 Å². The minimum atomic E-state index is -0.139. The van der Waals surface area contributed by atoms with Gasteiger partial charge in [0, 0.05) is 5.92 Å². The van der Waals surface area contributed by atoms with Crippen molar-refractivity contribution < 1.29 is 9.90 Å². The van der Waals surface area contributed by atoms with Gasteiger partial charge in [0.2, 0.25) is 0 Å². The van der Waals surface area contributed by atoms with Crippen molar-refractivity contribution in [1.29, 1.82) is 0 Å². The van der Waals surface area contributed by atoms with Gasteiger partial charge in [-0.2, -0.15) is 0 Å². The lowest BCUT2D eigenvalue weighted by molar-refractivity contribution is -0.124. The summed E-state index contributed by atoms with van der Waals surface area (Å²) in [5, 5.41) is 10.2. The molecule has 1 unspecified atom stereocenters. The quantitative estimate of drug-likeness (QED) is 0.480. The van der Waals surface area contributed by atoms with E-state index in [4.69, 9.17) is 0 Å². The molecule has 0 aliphatic heterocycles. The Morgan fingerprint density at radius 3 is 2.63 bits per heavy atom. The summed E-state index contributed by atoms with van der Waals surface area (Å²) in [7, 11) is 0. The first-order valence-corrected chi connectivity index (χ1v) is 12.1. The fourth-order valence-electron chi connectivity index (χ4n) is 7.97. The zero-order valence-electron chi connectivity index (χ0n) is 18.5. The first kappa shape index (κ1) is 20.2. The molecular formula is C28H36O2. The van der Waals surface area contributed by atoms with Gasteiger partial charge >= 0.3 is 0 Å². The Morgan fingerprint density at radius 1 is 1.03 bits per heavy atom. The van der Waals surface area contributed by atoms with Crippen LogP contribution in [0.25, 0.3) is 6.08 Å². The number of benzene rings is 1. The molecule has 4 aliphatic carbocycles. The van der Waals surface area contributed by atoms with Crippen LogP contribution in [0.15, 0.2) is 48.1 Å². The molecule has 1 aromatic rings.